The smallest absolute Gasteiger partial charge is 0.338 e. The first-order valence-electron chi connectivity index (χ1n) is 8.64. The highest BCUT2D eigenvalue weighted by Crippen LogP contribution is 2.25. The number of hydrogen-bond donors (Lipinski definition) is 1. The van der Waals surface area contributed by atoms with Crippen molar-refractivity contribution in [2.75, 3.05) is 11.9 Å². The van der Waals surface area contributed by atoms with Crippen molar-refractivity contribution in [2.24, 2.45) is 0 Å². The van der Waals surface area contributed by atoms with Crippen LogP contribution in [0.15, 0.2) is 61.1 Å². The van der Waals surface area contributed by atoms with Gasteiger partial charge in [0.1, 0.15) is 12.1 Å². The molecule has 0 amide bonds. The van der Waals surface area contributed by atoms with Crippen molar-refractivity contribution in [3.05, 3.63) is 71.6 Å². The normalized spacial score (nSPS) is 10.8. The molecule has 0 saturated carbocycles. The largest absolute Gasteiger partial charge is 0.462 e. The van der Waals surface area contributed by atoms with E-state index in [9.17, 15) is 4.79 Å². The van der Waals surface area contributed by atoms with Gasteiger partial charge in [0.15, 0.2) is 5.65 Å². The van der Waals surface area contributed by atoms with E-state index in [2.05, 4.69) is 20.4 Å². The number of ether oxygens (including phenoxy) is 1. The Morgan fingerprint density at radius 3 is 2.75 bits per heavy atom. The second-order valence-corrected chi connectivity index (χ2v) is 6.36. The molecule has 0 saturated heterocycles. The molecule has 28 heavy (non-hydrogen) atoms. The van der Waals surface area contributed by atoms with Gasteiger partial charge in [0.05, 0.1) is 29.4 Å². The van der Waals surface area contributed by atoms with Gasteiger partial charge in [-0.2, -0.15) is 5.10 Å². The Balaban J connectivity index is 1.64. The van der Waals surface area contributed by atoms with Crippen LogP contribution in [0.3, 0.4) is 0 Å². The lowest BCUT2D eigenvalue weighted by atomic mass is 10.2. The maximum atomic E-state index is 11.8. The first-order valence-corrected chi connectivity index (χ1v) is 9.02. The maximum Gasteiger partial charge on any atom is 0.338 e. The summed E-state index contributed by atoms with van der Waals surface area (Å²) >= 11 is 6.09. The van der Waals surface area contributed by atoms with Gasteiger partial charge in [0.2, 0.25) is 0 Å². The predicted octanol–water partition coefficient (Wildman–Crippen LogP) is 4.39. The van der Waals surface area contributed by atoms with Crippen molar-refractivity contribution in [1.29, 1.82) is 0 Å². The number of fused-ring (bicyclic) bond motifs is 1. The molecule has 2 heterocycles. The highest BCUT2D eigenvalue weighted by atomic mass is 35.5. The number of nitrogens with one attached hydrogen (secondary N) is 1. The Morgan fingerprint density at radius 1 is 1.18 bits per heavy atom. The summed E-state index contributed by atoms with van der Waals surface area (Å²) in [5, 5.41) is 9.04. The molecule has 7 nitrogen and oxygen atoms in total. The Labute approximate surface area is 165 Å². The summed E-state index contributed by atoms with van der Waals surface area (Å²) in [6, 6.07) is 14.4. The maximum absolute atomic E-state index is 11.8. The highest BCUT2D eigenvalue weighted by molar-refractivity contribution is 6.30. The van der Waals surface area contributed by atoms with E-state index < -0.39 is 0 Å². The average molecular weight is 394 g/mol. The molecule has 2 aromatic heterocycles. The molecule has 0 spiro atoms. The van der Waals surface area contributed by atoms with Crippen molar-refractivity contribution in [3.63, 3.8) is 0 Å². The topological polar surface area (TPSA) is 81.9 Å². The number of halogens is 1. The van der Waals surface area contributed by atoms with E-state index >= 15 is 0 Å². The zero-order valence-corrected chi connectivity index (χ0v) is 15.7. The third-order valence-electron chi connectivity index (χ3n) is 4.08. The van der Waals surface area contributed by atoms with Crippen molar-refractivity contribution in [1.82, 2.24) is 19.7 Å². The van der Waals surface area contributed by atoms with Crippen LogP contribution >= 0.6 is 11.6 Å². The van der Waals surface area contributed by atoms with Gasteiger partial charge in [0.25, 0.3) is 0 Å². The lowest BCUT2D eigenvalue weighted by molar-refractivity contribution is 0.0526. The van der Waals surface area contributed by atoms with Crippen molar-refractivity contribution in [2.45, 2.75) is 6.92 Å². The molecule has 1 N–H and O–H groups in total. The Bertz CT molecular complexity index is 1140. The van der Waals surface area contributed by atoms with E-state index in [1.165, 1.54) is 6.33 Å². The molecule has 0 atom stereocenters. The van der Waals surface area contributed by atoms with Gasteiger partial charge in [-0.05, 0) is 49.4 Å². The van der Waals surface area contributed by atoms with Crippen LogP contribution in [0, 0.1) is 0 Å². The molecule has 2 aromatic carbocycles. The lowest BCUT2D eigenvalue weighted by Gasteiger charge is -2.08. The molecule has 8 heteroatoms. The molecule has 0 fully saturated rings. The van der Waals surface area contributed by atoms with E-state index in [1.54, 1.807) is 48.1 Å². The first-order chi connectivity index (χ1) is 13.7. The highest BCUT2D eigenvalue weighted by Gasteiger charge is 2.12. The van der Waals surface area contributed by atoms with Crippen molar-refractivity contribution < 1.29 is 9.53 Å². The van der Waals surface area contributed by atoms with Gasteiger partial charge in [0, 0.05) is 10.7 Å². The Hall–Kier alpha value is -3.45. The summed E-state index contributed by atoms with van der Waals surface area (Å²) in [5.41, 5.74) is 2.74. The van der Waals surface area contributed by atoms with Gasteiger partial charge < -0.3 is 10.1 Å². The minimum Gasteiger partial charge on any atom is -0.462 e. The van der Waals surface area contributed by atoms with E-state index in [1.807, 2.05) is 18.2 Å². The summed E-state index contributed by atoms with van der Waals surface area (Å²) in [7, 11) is 0. The van der Waals surface area contributed by atoms with Crippen molar-refractivity contribution >= 4 is 40.1 Å². The third kappa shape index (κ3) is 3.52. The Kier molecular flexibility index (Phi) is 4.90. The summed E-state index contributed by atoms with van der Waals surface area (Å²) < 4.78 is 6.70. The fourth-order valence-corrected chi connectivity index (χ4v) is 2.97. The van der Waals surface area contributed by atoms with Gasteiger partial charge in [-0.15, -0.1) is 0 Å². The van der Waals surface area contributed by atoms with Crippen LogP contribution in [-0.2, 0) is 4.74 Å². The molecule has 4 rings (SSSR count). The van der Waals surface area contributed by atoms with Crippen LogP contribution in [0.25, 0.3) is 16.7 Å². The molecule has 0 aliphatic rings. The molecule has 0 aliphatic heterocycles. The number of anilines is 2. The van der Waals surface area contributed by atoms with E-state index in [0.717, 1.165) is 16.8 Å². The number of esters is 1. The molecular weight excluding hydrogens is 378 g/mol. The summed E-state index contributed by atoms with van der Waals surface area (Å²) in [6.07, 6.45) is 3.17. The zero-order valence-electron chi connectivity index (χ0n) is 15.0. The van der Waals surface area contributed by atoms with Gasteiger partial charge >= 0.3 is 5.97 Å². The molecule has 0 bridgehead atoms. The number of nitrogens with zero attached hydrogens (tertiary/aromatic N) is 4. The van der Waals surface area contributed by atoms with E-state index in [-0.39, 0.29) is 5.97 Å². The summed E-state index contributed by atoms with van der Waals surface area (Å²) in [6.45, 7) is 2.12. The second kappa shape index (κ2) is 7.66. The van der Waals surface area contributed by atoms with E-state index in [0.29, 0.717) is 28.7 Å². The standard InChI is InChI=1S/C20H16ClN5O2/c1-2-28-20(27)13-6-8-15(9-7-13)25-18-17-11-24-26(19(17)23-12-22-18)16-5-3-4-14(21)10-16/h3-12H,2H2,1H3,(H,22,23,25). The fraction of sp³-hybridized carbons (Fsp3) is 0.100. The minimum atomic E-state index is -0.346. The second-order valence-electron chi connectivity index (χ2n) is 5.92. The van der Waals surface area contributed by atoms with Crippen LogP contribution in [0.5, 0.6) is 0 Å². The monoisotopic (exact) mass is 393 g/mol. The van der Waals surface area contributed by atoms with Crippen LogP contribution in [0.2, 0.25) is 5.02 Å². The Morgan fingerprint density at radius 2 is 2.00 bits per heavy atom. The molecule has 0 unspecified atom stereocenters. The van der Waals surface area contributed by atoms with Gasteiger partial charge in [-0.3, -0.25) is 0 Å². The number of benzene rings is 2. The molecule has 0 aliphatic carbocycles. The van der Waals surface area contributed by atoms with Gasteiger partial charge in [-0.1, -0.05) is 17.7 Å². The average Bonchev–Trinajstić information content (AvgIpc) is 3.14. The number of rotatable bonds is 5. The zero-order chi connectivity index (χ0) is 19.5. The summed E-state index contributed by atoms with van der Waals surface area (Å²) in [4.78, 5) is 20.4. The lowest BCUT2D eigenvalue weighted by Crippen LogP contribution is -2.04. The van der Waals surface area contributed by atoms with E-state index in [4.69, 9.17) is 16.3 Å². The number of hydrogen-bond acceptors (Lipinski definition) is 6. The summed E-state index contributed by atoms with van der Waals surface area (Å²) in [5.74, 6) is 0.267. The molecular formula is C20H16ClN5O2. The quantitative estimate of drug-likeness (QED) is 0.506. The number of carbonyl (C=O) groups is 1. The molecule has 0 radical (unpaired) electrons. The van der Waals surface area contributed by atoms with Crippen LogP contribution in [0.4, 0.5) is 11.5 Å². The number of aromatic nitrogens is 4. The minimum absolute atomic E-state index is 0.342. The predicted molar refractivity (Wildman–Crippen MR) is 107 cm³/mol. The SMILES string of the molecule is CCOC(=O)c1ccc(Nc2ncnc3c2cnn3-c2cccc(Cl)c2)cc1. The van der Waals surface area contributed by atoms with Gasteiger partial charge in [-0.25, -0.2) is 19.4 Å². The van der Waals surface area contributed by atoms with Crippen molar-refractivity contribution in [3.8, 4) is 5.69 Å². The van der Waals surface area contributed by atoms with Crippen LogP contribution in [0.1, 0.15) is 17.3 Å². The van der Waals surface area contributed by atoms with Crippen LogP contribution in [-0.4, -0.2) is 32.3 Å². The molecule has 4 aromatic rings. The third-order valence-corrected chi connectivity index (χ3v) is 4.31. The molecule has 140 valence electrons. The van der Waals surface area contributed by atoms with Crippen LogP contribution < -0.4 is 5.32 Å². The fourth-order valence-electron chi connectivity index (χ4n) is 2.78. The first kappa shape index (κ1) is 17.9. The number of carbonyl (C=O) groups excluding carboxylic acids is 1.